The Morgan fingerprint density at radius 3 is 1.77 bits per heavy atom. The smallest absolute Gasteiger partial charge is 0.280 e. The predicted octanol–water partition coefficient (Wildman–Crippen LogP) is 4.40. The molecular weight excluding hydrogens is 448 g/mol. The number of carbonyl (C=O) groups excluding carboxylic acids is 2. The largest absolute Gasteiger partial charge is 0.494 e. The molecule has 2 amide bonds. The Morgan fingerprint density at radius 2 is 1.23 bits per heavy atom. The molecule has 0 saturated heterocycles. The van der Waals surface area contributed by atoms with Gasteiger partial charge in [-0.1, -0.05) is 36.4 Å². The first kappa shape index (κ1) is 23.4. The number of methoxy groups -OCH3 is 3. The van der Waals surface area contributed by atoms with E-state index in [1.807, 2.05) is 36.4 Å². The fourth-order valence-electron chi connectivity index (χ4n) is 3.44. The first-order chi connectivity index (χ1) is 17.0. The number of nitrogens with zero attached hydrogens (tertiary/aromatic N) is 2. The van der Waals surface area contributed by atoms with Gasteiger partial charge in [-0.25, -0.2) is 4.68 Å². The van der Waals surface area contributed by atoms with Crippen molar-refractivity contribution in [3.05, 3.63) is 90.3 Å². The molecule has 2 N–H and O–H groups in total. The molecule has 0 saturated carbocycles. The molecule has 9 heteroatoms. The second-order valence-corrected chi connectivity index (χ2v) is 7.35. The van der Waals surface area contributed by atoms with Crippen LogP contribution in [0.15, 0.2) is 79.0 Å². The lowest BCUT2D eigenvalue weighted by Crippen LogP contribution is -2.16. The number of nitrogens with one attached hydrogen (secondary N) is 2. The summed E-state index contributed by atoms with van der Waals surface area (Å²) in [4.78, 5) is 25.7. The number of hydrogen-bond acceptors (Lipinski definition) is 6. The molecule has 1 heterocycles. The monoisotopic (exact) mass is 472 g/mol. The highest BCUT2D eigenvalue weighted by molar-refractivity contribution is 6.07. The third-order valence-electron chi connectivity index (χ3n) is 5.19. The number of anilines is 2. The lowest BCUT2D eigenvalue weighted by molar-refractivity contribution is 0.101. The van der Waals surface area contributed by atoms with E-state index in [4.69, 9.17) is 14.2 Å². The molecule has 35 heavy (non-hydrogen) atoms. The number of aromatic nitrogens is 2. The van der Waals surface area contributed by atoms with Gasteiger partial charge in [0.1, 0.15) is 11.5 Å². The van der Waals surface area contributed by atoms with Crippen LogP contribution in [0.1, 0.15) is 20.8 Å². The quantitative estimate of drug-likeness (QED) is 0.394. The molecule has 4 rings (SSSR count). The van der Waals surface area contributed by atoms with E-state index < -0.39 is 5.91 Å². The summed E-state index contributed by atoms with van der Waals surface area (Å²) in [5.74, 6) is 0.164. The number of carbonyl (C=O) groups is 2. The van der Waals surface area contributed by atoms with Gasteiger partial charge in [0, 0.05) is 17.7 Å². The van der Waals surface area contributed by atoms with Crippen LogP contribution >= 0.6 is 0 Å². The third-order valence-corrected chi connectivity index (χ3v) is 5.19. The molecule has 0 spiro atoms. The van der Waals surface area contributed by atoms with Crippen LogP contribution in [0, 0.1) is 0 Å². The van der Waals surface area contributed by atoms with Crippen molar-refractivity contribution in [2.24, 2.45) is 0 Å². The van der Waals surface area contributed by atoms with E-state index in [-0.39, 0.29) is 11.6 Å². The minimum Gasteiger partial charge on any atom is -0.494 e. The van der Waals surface area contributed by atoms with Crippen molar-refractivity contribution in [2.75, 3.05) is 32.0 Å². The van der Waals surface area contributed by atoms with Gasteiger partial charge in [-0.3, -0.25) is 9.59 Å². The molecule has 0 unspecified atom stereocenters. The molecule has 3 aromatic carbocycles. The minimum absolute atomic E-state index is 0.0961. The Bertz CT molecular complexity index is 1340. The number of para-hydroxylation sites is 1. The van der Waals surface area contributed by atoms with E-state index in [1.165, 1.54) is 21.3 Å². The van der Waals surface area contributed by atoms with Crippen LogP contribution in [-0.2, 0) is 0 Å². The van der Waals surface area contributed by atoms with Crippen LogP contribution in [0.3, 0.4) is 0 Å². The topological polar surface area (TPSA) is 104 Å². The van der Waals surface area contributed by atoms with Gasteiger partial charge in [0.15, 0.2) is 11.4 Å². The summed E-state index contributed by atoms with van der Waals surface area (Å²) in [5.41, 5.74) is 2.10. The van der Waals surface area contributed by atoms with Crippen LogP contribution in [0.25, 0.3) is 5.69 Å². The Morgan fingerprint density at radius 1 is 0.714 bits per heavy atom. The van der Waals surface area contributed by atoms with Gasteiger partial charge in [-0.05, 0) is 24.3 Å². The van der Waals surface area contributed by atoms with Crippen LogP contribution < -0.4 is 24.8 Å². The van der Waals surface area contributed by atoms with Crippen molar-refractivity contribution in [1.82, 2.24) is 9.78 Å². The molecule has 0 aliphatic rings. The number of hydrogen-bond donors (Lipinski definition) is 2. The van der Waals surface area contributed by atoms with Crippen LogP contribution in [0.4, 0.5) is 11.4 Å². The lowest BCUT2D eigenvalue weighted by atomic mass is 10.2. The summed E-state index contributed by atoms with van der Waals surface area (Å²) < 4.78 is 17.8. The summed E-state index contributed by atoms with van der Waals surface area (Å²) in [7, 11) is 4.40. The van der Waals surface area contributed by atoms with E-state index in [0.29, 0.717) is 34.2 Å². The molecule has 0 aliphatic heterocycles. The highest BCUT2D eigenvalue weighted by atomic mass is 16.5. The number of ether oxygens (including phenoxy) is 3. The molecule has 4 aromatic rings. The molecule has 9 nitrogen and oxygen atoms in total. The standard InChI is InChI=1S/C26H24N4O5/c1-33-21-15-20(22(34-2)14-19(21)27-25(31)17-10-6-4-7-11-17)28-26(32)24-23(35-3)16-30(29-24)18-12-8-5-9-13-18/h4-16H,1-3H3,(H,27,31)(H,28,32). The van der Waals surface area contributed by atoms with Gasteiger partial charge in [-0.15, -0.1) is 0 Å². The summed E-state index contributed by atoms with van der Waals surface area (Å²) in [6.07, 6.45) is 1.63. The van der Waals surface area contributed by atoms with E-state index in [1.54, 1.807) is 47.3 Å². The number of benzene rings is 3. The predicted molar refractivity (Wildman–Crippen MR) is 132 cm³/mol. The van der Waals surface area contributed by atoms with E-state index in [0.717, 1.165) is 5.69 Å². The third kappa shape index (κ3) is 5.09. The Hall–Kier alpha value is -4.79. The highest BCUT2D eigenvalue weighted by Crippen LogP contribution is 2.37. The average Bonchev–Trinajstić information content (AvgIpc) is 3.35. The van der Waals surface area contributed by atoms with Crippen molar-refractivity contribution < 1.29 is 23.8 Å². The zero-order valence-corrected chi connectivity index (χ0v) is 19.4. The summed E-state index contributed by atoms with van der Waals surface area (Å²) >= 11 is 0. The normalized spacial score (nSPS) is 10.4. The van der Waals surface area contributed by atoms with Crippen molar-refractivity contribution in [3.8, 4) is 22.9 Å². The van der Waals surface area contributed by atoms with Crippen molar-refractivity contribution >= 4 is 23.2 Å². The summed E-state index contributed by atoms with van der Waals surface area (Å²) in [5, 5.41) is 9.99. The van der Waals surface area contributed by atoms with E-state index in [9.17, 15) is 9.59 Å². The van der Waals surface area contributed by atoms with Crippen LogP contribution in [-0.4, -0.2) is 42.9 Å². The molecular formula is C26H24N4O5. The SMILES string of the molecule is COc1cc(NC(=O)c2nn(-c3ccccc3)cc2OC)c(OC)cc1NC(=O)c1ccccc1. The van der Waals surface area contributed by atoms with Crippen molar-refractivity contribution in [1.29, 1.82) is 0 Å². The fourth-order valence-corrected chi connectivity index (χ4v) is 3.44. The van der Waals surface area contributed by atoms with E-state index in [2.05, 4.69) is 15.7 Å². The lowest BCUT2D eigenvalue weighted by Gasteiger charge is -2.16. The van der Waals surface area contributed by atoms with Gasteiger partial charge in [0.25, 0.3) is 11.8 Å². The van der Waals surface area contributed by atoms with Gasteiger partial charge < -0.3 is 24.8 Å². The van der Waals surface area contributed by atoms with Gasteiger partial charge in [0.05, 0.1) is 44.6 Å². The minimum atomic E-state index is -0.502. The van der Waals surface area contributed by atoms with Crippen LogP contribution in [0.5, 0.6) is 17.2 Å². The second-order valence-electron chi connectivity index (χ2n) is 7.35. The maximum Gasteiger partial charge on any atom is 0.280 e. The summed E-state index contributed by atoms with van der Waals surface area (Å²) in [6.45, 7) is 0. The highest BCUT2D eigenvalue weighted by Gasteiger charge is 2.21. The molecule has 0 aliphatic carbocycles. The molecule has 0 atom stereocenters. The Kier molecular flexibility index (Phi) is 6.96. The number of rotatable bonds is 8. The first-order valence-electron chi connectivity index (χ1n) is 10.7. The molecule has 1 aromatic heterocycles. The van der Waals surface area contributed by atoms with Crippen molar-refractivity contribution in [3.63, 3.8) is 0 Å². The average molecular weight is 473 g/mol. The zero-order chi connectivity index (χ0) is 24.8. The second kappa shape index (κ2) is 10.4. The molecule has 0 fully saturated rings. The van der Waals surface area contributed by atoms with Crippen molar-refractivity contribution in [2.45, 2.75) is 0 Å². The van der Waals surface area contributed by atoms with Gasteiger partial charge >= 0.3 is 0 Å². The molecule has 178 valence electrons. The number of amides is 2. The molecule has 0 radical (unpaired) electrons. The van der Waals surface area contributed by atoms with Crippen LogP contribution in [0.2, 0.25) is 0 Å². The van der Waals surface area contributed by atoms with Gasteiger partial charge in [-0.2, -0.15) is 5.10 Å². The maximum absolute atomic E-state index is 13.1. The zero-order valence-electron chi connectivity index (χ0n) is 19.4. The van der Waals surface area contributed by atoms with Gasteiger partial charge in [0.2, 0.25) is 0 Å². The fraction of sp³-hybridized carbons (Fsp3) is 0.115. The Labute approximate surface area is 202 Å². The summed E-state index contributed by atoms with van der Waals surface area (Å²) in [6, 6.07) is 21.3. The first-order valence-corrected chi connectivity index (χ1v) is 10.7. The Balaban J connectivity index is 1.61. The van der Waals surface area contributed by atoms with E-state index >= 15 is 0 Å². The molecule has 0 bridgehead atoms. The maximum atomic E-state index is 13.1.